The number of carbonyl (C=O) groups is 1. The summed E-state index contributed by atoms with van der Waals surface area (Å²) in [6, 6.07) is 13.7. The van der Waals surface area contributed by atoms with Crippen LogP contribution in [0.5, 0.6) is 5.75 Å². The van der Waals surface area contributed by atoms with E-state index in [0.29, 0.717) is 30.3 Å². The highest BCUT2D eigenvalue weighted by Gasteiger charge is 2.16. The predicted octanol–water partition coefficient (Wildman–Crippen LogP) is 3.69. The summed E-state index contributed by atoms with van der Waals surface area (Å²) in [5, 5.41) is 6.82. The Hall–Kier alpha value is -2.28. The second-order valence-electron chi connectivity index (χ2n) is 7.53. The fraction of sp³-hybridized carbons (Fsp3) is 0.435. The van der Waals surface area contributed by atoms with Crippen molar-refractivity contribution in [3.63, 3.8) is 0 Å². The van der Waals surface area contributed by atoms with Crippen LogP contribution < -0.4 is 15.4 Å². The monoisotopic (exact) mass is 431 g/mol. The predicted molar refractivity (Wildman–Crippen MR) is 120 cm³/mol. The largest absolute Gasteiger partial charge is 0.495 e. The second kappa shape index (κ2) is 11.2. The number of nitrogens with zero attached hydrogens (tertiary/aromatic N) is 1. The molecule has 2 N–H and O–H groups in total. The first-order valence-corrected chi connectivity index (χ1v) is 10.7. The first-order valence-electron chi connectivity index (χ1n) is 10.3. The Kier molecular flexibility index (Phi) is 8.37. The third-order valence-electron chi connectivity index (χ3n) is 5.04. The molecule has 0 saturated carbocycles. The van der Waals surface area contributed by atoms with Crippen LogP contribution in [0.15, 0.2) is 42.5 Å². The van der Waals surface area contributed by atoms with Gasteiger partial charge in [-0.1, -0.05) is 35.9 Å². The normalized spacial score (nSPS) is 16.8. The van der Waals surface area contributed by atoms with Gasteiger partial charge in [-0.15, -0.1) is 0 Å². The van der Waals surface area contributed by atoms with Crippen molar-refractivity contribution < 1.29 is 14.3 Å². The van der Waals surface area contributed by atoms with Crippen LogP contribution in [0, 0.1) is 0 Å². The van der Waals surface area contributed by atoms with Gasteiger partial charge in [0.2, 0.25) is 5.91 Å². The zero-order valence-electron chi connectivity index (χ0n) is 17.6. The zero-order chi connectivity index (χ0) is 21.3. The average Bonchev–Trinajstić information content (AvgIpc) is 2.73. The van der Waals surface area contributed by atoms with Gasteiger partial charge in [0.25, 0.3) is 0 Å². The molecule has 162 valence electrons. The molecule has 0 bridgehead atoms. The number of morpholine rings is 1. The maximum atomic E-state index is 12.2. The van der Waals surface area contributed by atoms with E-state index in [9.17, 15) is 4.79 Å². The summed E-state index contributed by atoms with van der Waals surface area (Å²) in [6.07, 6.45) is 0.641. The Labute approximate surface area is 183 Å². The van der Waals surface area contributed by atoms with Crippen molar-refractivity contribution in [2.24, 2.45) is 0 Å². The Morgan fingerprint density at radius 2 is 2.10 bits per heavy atom. The smallest absolute Gasteiger partial charge is 0.222 e. The number of benzene rings is 2. The summed E-state index contributed by atoms with van der Waals surface area (Å²) >= 11 is 6.03. The minimum absolute atomic E-state index is 0.00379. The lowest BCUT2D eigenvalue weighted by atomic mass is 10.1. The number of amides is 1. The number of halogens is 1. The average molecular weight is 432 g/mol. The quantitative estimate of drug-likeness (QED) is 0.634. The molecular weight excluding hydrogens is 402 g/mol. The van der Waals surface area contributed by atoms with E-state index >= 15 is 0 Å². The number of hydrogen-bond donors (Lipinski definition) is 2. The molecule has 0 spiro atoms. The van der Waals surface area contributed by atoms with Gasteiger partial charge in [0.1, 0.15) is 5.75 Å². The van der Waals surface area contributed by atoms with Gasteiger partial charge in [0.05, 0.1) is 25.5 Å². The van der Waals surface area contributed by atoms with E-state index in [4.69, 9.17) is 21.1 Å². The second-order valence-corrected chi connectivity index (χ2v) is 7.97. The van der Waals surface area contributed by atoms with Gasteiger partial charge < -0.3 is 20.1 Å². The molecule has 1 aliphatic heterocycles. The van der Waals surface area contributed by atoms with Gasteiger partial charge in [-0.3, -0.25) is 9.69 Å². The number of nitrogens with one attached hydrogen (secondary N) is 2. The number of carbonyl (C=O) groups excluding carboxylic acids is 1. The van der Waals surface area contributed by atoms with Gasteiger partial charge >= 0.3 is 0 Å². The maximum absolute atomic E-state index is 12.2. The van der Waals surface area contributed by atoms with Crippen molar-refractivity contribution in [1.82, 2.24) is 10.2 Å². The molecule has 2 aromatic rings. The fourth-order valence-electron chi connectivity index (χ4n) is 3.55. The van der Waals surface area contributed by atoms with E-state index in [1.165, 1.54) is 5.56 Å². The fourth-order valence-corrected chi connectivity index (χ4v) is 3.72. The Bertz CT molecular complexity index is 846. The molecule has 1 saturated heterocycles. The molecule has 0 radical (unpaired) electrons. The number of rotatable bonds is 9. The van der Waals surface area contributed by atoms with E-state index < -0.39 is 0 Å². The van der Waals surface area contributed by atoms with Crippen molar-refractivity contribution in [2.45, 2.75) is 32.5 Å². The Morgan fingerprint density at radius 1 is 1.27 bits per heavy atom. The first-order chi connectivity index (χ1) is 14.5. The number of methoxy groups -OCH3 is 1. The molecule has 1 unspecified atom stereocenters. The van der Waals surface area contributed by atoms with Gasteiger partial charge in [0, 0.05) is 44.2 Å². The topological polar surface area (TPSA) is 62.8 Å². The summed E-state index contributed by atoms with van der Waals surface area (Å²) < 4.78 is 10.9. The number of anilines is 1. The highest BCUT2D eigenvalue weighted by atomic mass is 35.5. The molecule has 30 heavy (non-hydrogen) atoms. The van der Waals surface area contributed by atoms with Crippen LogP contribution in [0.3, 0.4) is 0 Å². The molecule has 1 aliphatic rings. The SMILES string of the molecule is COc1ccc(Cl)cc1NCCC(=O)NCc1cccc(CN2CCOC(C)C2)c1. The van der Waals surface area contributed by atoms with Crippen LogP contribution in [0.2, 0.25) is 5.02 Å². The van der Waals surface area contributed by atoms with Crippen LogP contribution in [-0.2, 0) is 22.6 Å². The summed E-state index contributed by atoms with van der Waals surface area (Å²) in [4.78, 5) is 14.6. The van der Waals surface area contributed by atoms with Gasteiger partial charge in [-0.05, 0) is 36.2 Å². The molecule has 1 amide bonds. The molecular formula is C23H30ClN3O3. The number of hydrogen-bond acceptors (Lipinski definition) is 5. The number of ether oxygens (including phenoxy) is 2. The lowest BCUT2D eigenvalue weighted by Gasteiger charge is -2.31. The lowest BCUT2D eigenvalue weighted by Crippen LogP contribution is -2.40. The van der Waals surface area contributed by atoms with Crippen LogP contribution in [0.4, 0.5) is 5.69 Å². The van der Waals surface area contributed by atoms with Crippen molar-refractivity contribution in [1.29, 1.82) is 0 Å². The standard InChI is InChI=1S/C23H30ClN3O3/c1-17-15-27(10-11-30-17)16-19-5-3-4-18(12-19)14-26-23(28)8-9-25-21-13-20(24)6-7-22(21)29-2/h3-7,12-13,17,25H,8-11,14-16H2,1-2H3,(H,26,28). The van der Waals surface area contributed by atoms with E-state index in [0.717, 1.165) is 37.5 Å². The molecule has 1 atom stereocenters. The molecule has 7 heteroatoms. The van der Waals surface area contributed by atoms with E-state index in [-0.39, 0.29) is 12.0 Å². The third kappa shape index (κ3) is 6.90. The van der Waals surface area contributed by atoms with E-state index in [2.05, 4.69) is 34.6 Å². The van der Waals surface area contributed by atoms with Crippen molar-refractivity contribution in [3.8, 4) is 5.75 Å². The molecule has 6 nitrogen and oxygen atoms in total. The molecule has 0 aromatic heterocycles. The minimum Gasteiger partial charge on any atom is -0.495 e. The summed E-state index contributed by atoms with van der Waals surface area (Å²) in [6.45, 7) is 6.72. The highest BCUT2D eigenvalue weighted by molar-refractivity contribution is 6.30. The maximum Gasteiger partial charge on any atom is 0.222 e. The van der Waals surface area contributed by atoms with Crippen molar-refractivity contribution >= 4 is 23.2 Å². The first kappa shape index (κ1) is 22.4. The van der Waals surface area contributed by atoms with Crippen LogP contribution in [0.1, 0.15) is 24.5 Å². The van der Waals surface area contributed by atoms with Gasteiger partial charge in [0.15, 0.2) is 0 Å². The molecule has 3 rings (SSSR count). The third-order valence-corrected chi connectivity index (χ3v) is 5.28. The van der Waals surface area contributed by atoms with Gasteiger partial charge in [-0.25, -0.2) is 0 Å². The van der Waals surface area contributed by atoms with Crippen molar-refractivity contribution in [2.75, 3.05) is 38.7 Å². The highest BCUT2D eigenvalue weighted by Crippen LogP contribution is 2.27. The van der Waals surface area contributed by atoms with Crippen LogP contribution >= 0.6 is 11.6 Å². The van der Waals surface area contributed by atoms with Gasteiger partial charge in [-0.2, -0.15) is 0 Å². The lowest BCUT2D eigenvalue weighted by molar-refractivity contribution is -0.121. The zero-order valence-corrected chi connectivity index (χ0v) is 18.4. The van der Waals surface area contributed by atoms with Crippen LogP contribution in [0.25, 0.3) is 0 Å². The Balaban J connectivity index is 1.43. The molecule has 0 aliphatic carbocycles. The van der Waals surface area contributed by atoms with E-state index in [1.54, 1.807) is 25.3 Å². The van der Waals surface area contributed by atoms with E-state index in [1.807, 2.05) is 12.1 Å². The molecule has 2 aromatic carbocycles. The summed E-state index contributed by atoms with van der Waals surface area (Å²) in [7, 11) is 1.61. The summed E-state index contributed by atoms with van der Waals surface area (Å²) in [5.74, 6) is 0.696. The molecule has 1 heterocycles. The summed E-state index contributed by atoms with van der Waals surface area (Å²) in [5.41, 5.74) is 3.14. The molecule has 1 fully saturated rings. The Morgan fingerprint density at radius 3 is 2.90 bits per heavy atom. The van der Waals surface area contributed by atoms with Crippen molar-refractivity contribution in [3.05, 3.63) is 58.6 Å². The van der Waals surface area contributed by atoms with Crippen LogP contribution in [-0.4, -0.2) is 50.3 Å². The minimum atomic E-state index is -0.00379.